The molecule has 1 aliphatic rings. The van der Waals surface area contributed by atoms with Crippen molar-refractivity contribution in [2.45, 2.75) is 18.6 Å². The number of methoxy groups -OCH3 is 2. The molecule has 30 heavy (non-hydrogen) atoms. The summed E-state index contributed by atoms with van der Waals surface area (Å²) in [6.07, 6.45) is 1.23. The number of carbonyl (C=O) groups is 1. The number of amides is 1. The number of halogens is 1. The lowest BCUT2D eigenvalue weighted by atomic mass is 9.98. The normalized spacial score (nSPS) is 17.4. The van der Waals surface area contributed by atoms with Gasteiger partial charge in [-0.05, 0) is 42.7 Å². The summed E-state index contributed by atoms with van der Waals surface area (Å²) in [4.78, 5) is 12.9. The van der Waals surface area contributed by atoms with Crippen LogP contribution < -0.4 is 14.8 Å². The Labute approximate surface area is 182 Å². The molecule has 0 saturated carbocycles. The number of hydrogen-bond donors (Lipinski definition) is 1. The van der Waals surface area contributed by atoms with Crippen molar-refractivity contribution in [3.63, 3.8) is 0 Å². The SMILES string of the molecule is COc1ccc(OC)c(NC(=O)C2CCCN(S(=O)(=O)Cc3ccc(Cl)cc3)C2)c1. The van der Waals surface area contributed by atoms with E-state index in [9.17, 15) is 13.2 Å². The van der Waals surface area contributed by atoms with Crippen LogP contribution in [0.2, 0.25) is 5.02 Å². The Kier molecular flexibility index (Phi) is 7.23. The molecular formula is C21H25ClN2O5S. The van der Waals surface area contributed by atoms with E-state index in [1.807, 2.05) is 0 Å². The van der Waals surface area contributed by atoms with Gasteiger partial charge in [0.25, 0.3) is 0 Å². The molecule has 7 nitrogen and oxygen atoms in total. The zero-order valence-corrected chi connectivity index (χ0v) is 18.5. The monoisotopic (exact) mass is 452 g/mol. The topological polar surface area (TPSA) is 84.9 Å². The Balaban J connectivity index is 1.69. The molecule has 0 aromatic heterocycles. The highest BCUT2D eigenvalue weighted by Crippen LogP contribution is 2.30. The molecule has 0 radical (unpaired) electrons. The van der Waals surface area contributed by atoms with Crippen molar-refractivity contribution in [3.05, 3.63) is 53.1 Å². The predicted octanol–water partition coefficient (Wildman–Crippen LogP) is 3.54. The van der Waals surface area contributed by atoms with Gasteiger partial charge in [-0.25, -0.2) is 12.7 Å². The van der Waals surface area contributed by atoms with Gasteiger partial charge in [-0.2, -0.15) is 0 Å². The van der Waals surface area contributed by atoms with E-state index < -0.39 is 15.9 Å². The van der Waals surface area contributed by atoms with Crippen LogP contribution in [0.25, 0.3) is 0 Å². The summed E-state index contributed by atoms with van der Waals surface area (Å²) in [5.41, 5.74) is 1.15. The van der Waals surface area contributed by atoms with Gasteiger partial charge in [-0.1, -0.05) is 23.7 Å². The molecule has 1 saturated heterocycles. The molecule has 1 fully saturated rings. The van der Waals surface area contributed by atoms with E-state index in [2.05, 4.69) is 5.32 Å². The lowest BCUT2D eigenvalue weighted by Crippen LogP contribution is -2.44. The zero-order valence-electron chi connectivity index (χ0n) is 16.9. The van der Waals surface area contributed by atoms with Gasteiger partial charge in [0.15, 0.2) is 0 Å². The highest BCUT2D eigenvalue weighted by atomic mass is 35.5. The number of piperidine rings is 1. The molecule has 162 valence electrons. The number of hydrogen-bond acceptors (Lipinski definition) is 5. The number of anilines is 1. The van der Waals surface area contributed by atoms with Crippen LogP contribution in [-0.4, -0.2) is 45.9 Å². The Bertz CT molecular complexity index is 995. The van der Waals surface area contributed by atoms with Crippen LogP contribution in [-0.2, 0) is 20.6 Å². The summed E-state index contributed by atoms with van der Waals surface area (Å²) in [5, 5.41) is 3.41. The molecule has 0 bridgehead atoms. The second-order valence-electron chi connectivity index (χ2n) is 7.14. The Morgan fingerprint density at radius 1 is 1.17 bits per heavy atom. The fraction of sp³-hybridized carbons (Fsp3) is 0.381. The van der Waals surface area contributed by atoms with E-state index >= 15 is 0 Å². The maximum absolute atomic E-state index is 12.9. The van der Waals surface area contributed by atoms with Gasteiger partial charge >= 0.3 is 0 Å². The largest absolute Gasteiger partial charge is 0.497 e. The lowest BCUT2D eigenvalue weighted by Gasteiger charge is -2.31. The van der Waals surface area contributed by atoms with Crippen LogP contribution >= 0.6 is 11.6 Å². The molecule has 0 aliphatic carbocycles. The molecule has 2 aromatic carbocycles. The van der Waals surface area contributed by atoms with Crippen LogP contribution in [0.15, 0.2) is 42.5 Å². The van der Waals surface area contributed by atoms with Gasteiger partial charge < -0.3 is 14.8 Å². The van der Waals surface area contributed by atoms with Crippen LogP contribution in [0.5, 0.6) is 11.5 Å². The molecule has 1 heterocycles. The standard InChI is InChI=1S/C21H25ClN2O5S/c1-28-18-9-10-20(29-2)19(12-18)23-21(25)16-4-3-11-24(13-16)30(26,27)14-15-5-7-17(22)8-6-15/h5-10,12,16H,3-4,11,13-14H2,1-2H3,(H,23,25). The smallest absolute Gasteiger partial charge is 0.228 e. The predicted molar refractivity (Wildman–Crippen MR) is 117 cm³/mol. The van der Waals surface area contributed by atoms with E-state index in [0.717, 1.165) is 0 Å². The van der Waals surface area contributed by atoms with E-state index in [-0.39, 0.29) is 18.2 Å². The number of rotatable bonds is 7. The van der Waals surface area contributed by atoms with Crippen molar-refractivity contribution in [3.8, 4) is 11.5 Å². The second kappa shape index (κ2) is 9.68. The minimum Gasteiger partial charge on any atom is -0.497 e. The molecule has 0 spiro atoms. The fourth-order valence-corrected chi connectivity index (χ4v) is 5.17. The number of nitrogens with zero attached hydrogens (tertiary/aromatic N) is 1. The summed E-state index contributed by atoms with van der Waals surface area (Å²) in [7, 11) is -0.490. The van der Waals surface area contributed by atoms with Gasteiger partial charge in [0.05, 0.1) is 31.6 Å². The lowest BCUT2D eigenvalue weighted by molar-refractivity contribution is -0.120. The van der Waals surface area contributed by atoms with Crippen LogP contribution in [0, 0.1) is 5.92 Å². The maximum atomic E-state index is 12.9. The molecule has 3 rings (SSSR count). The highest BCUT2D eigenvalue weighted by molar-refractivity contribution is 7.88. The van der Waals surface area contributed by atoms with Crippen molar-refractivity contribution in [1.82, 2.24) is 4.31 Å². The first kappa shape index (κ1) is 22.4. The molecule has 9 heteroatoms. The van der Waals surface area contributed by atoms with Crippen LogP contribution in [0.3, 0.4) is 0 Å². The van der Waals surface area contributed by atoms with E-state index in [1.165, 1.54) is 18.5 Å². The summed E-state index contributed by atoms with van der Waals surface area (Å²) < 4.78 is 37.7. The molecule has 1 atom stereocenters. The third kappa shape index (κ3) is 5.44. The quantitative estimate of drug-likeness (QED) is 0.694. The Morgan fingerprint density at radius 2 is 1.90 bits per heavy atom. The summed E-state index contributed by atoms with van der Waals surface area (Å²) in [6, 6.07) is 11.8. The third-order valence-electron chi connectivity index (χ3n) is 5.08. The van der Waals surface area contributed by atoms with Crippen LogP contribution in [0.4, 0.5) is 5.69 Å². The number of ether oxygens (including phenoxy) is 2. The molecule has 1 aliphatic heterocycles. The molecule has 1 unspecified atom stereocenters. The van der Waals surface area contributed by atoms with E-state index in [1.54, 1.807) is 42.5 Å². The summed E-state index contributed by atoms with van der Waals surface area (Å²) >= 11 is 5.87. The minimum absolute atomic E-state index is 0.123. The number of benzene rings is 2. The van der Waals surface area contributed by atoms with Gasteiger partial charge in [-0.3, -0.25) is 4.79 Å². The van der Waals surface area contributed by atoms with Crippen molar-refractivity contribution >= 4 is 33.2 Å². The summed E-state index contributed by atoms with van der Waals surface area (Å²) in [6.45, 7) is 0.552. The average molecular weight is 453 g/mol. The van der Waals surface area contributed by atoms with Gasteiger partial charge in [0, 0.05) is 24.2 Å². The van der Waals surface area contributed by atoms with Gasteiger partial charge in [-0.15, -0.1) is 0 Å². The Morgan fingerprint density at radius 3 is 2.57 bits per heavy atom. The van der Waals surface area contributed by atoms with Crippen molar-refractivity contribution in [1.29, 1.82) is 0 Å². The third-order valence-corrected chi connectivity index (χ3v) is 7.14. The van der Waals surface area contributed by atoms with Gasteiger partial charge in [0.1, 0.15) is 11.5 Å². The summed E-state index contributed by atoms with van der Waals surface area (Å²) in [5.74, 6) is 0.277. The Hall–Kier alpha value is -2.29. The van der Waals surface area contributed by atoms with E-state index in [4.69, 9.17) is 21.1 Å². The molecule has 1 amide bonds. The van der Waals surface area contributed by atoms with Crippen molar-refractivity contribution in [2.24, 2.45) is 5.92 Å². The second-order valence-corrected chi connectivity index (χ2v) is 9.54. The van der Waals surface area contributed by atoms with E-state index in [0.29, 0.717) is 47.2 Å². The first-order chi connectivity index (χ1) is 14.3. The van der Waals surface area contributed by atoms with Crippen molar-refractivity contribution in [2.75, 3.05) is 32.6 Å². The number of sulfonamides is 1. The first-order valence-electron chi connectivity index (χ1n) is 9.57. The number of nitrogens with one attached hydrogen (secondary N) is 1. The van der Waals surface area contributed by atoms with Crippen molar-refractivity contribution < 1.29 is 22.7 Å². The number of carbonyl (C=O) groups excluding carboxylic acids is 1. The van der Waals surface area contributed by atoms with Gasteiger partial charge in [0.2, 0.25) is 15.9 Å². The van der Waals surface area contributed by atoms with Crippen LogP contribution in [0.1, 0.15) is 18.4 Å². The minimum atomic E-state index is -3.55. The zero-order chi connectivity index (χ0) is 21.7. The first-order valence-corrected chi connectivity index (χ1v) is 11.6. The maximum Gasteiger partial charge on any atom is 0.228 e. The fourth-order valence-electron chi connectivity index (χ4n) is 3.44. The molecule has 1 N–H and O–H groups in total. The molecule has 2 aromatic rings. The highest BCUT2D eigenvalue weighted by Gasteiger charge is 2.32. The average Bonchev–Trinajstić information content (AvgIpc) is 2.75. The molecular weight excluding hydrogens is 428 g/mol.